The van der Waals surface area contributed by atoms with Crippen LogP contribution in [0.5, 0.6) is 0 Å². The Morgan fingerprint density at radius 2 is 1.97 bits per heavy atom. The van der Waals surface area contributed by atoms with E-state index in [0.29, 0.717) is 16.1 Å². The van der Waals surface area contributed by atoms with Crippen molar-refractivity contribution in [2.45, 2.75) is 9.50 Å². The molecule has 3 aromatic heterocycles. The Balaban J connectivity index is 1.49. The summed E-state index contributed by atoms with van der Waals surface area (Å²) in [5, 5.41) is 20.6. The summed E-state index contributed by atoms with van der Waals surface area (Å²) in [7, 11) is 0. The minimum Gasteiger partial charge on any atom is -0.300 e. The molecule has 0 aliphatic rings. The highest BCUT2D eigenvalue weighted by atomic mass is 32.2. The third-order valence-electron chi connectivity index (χ3n) is 3.88. The van der Waals surface area contributed by atoms with Gasteiger partial charge in [-0.25, -0.2) is 0 Å². The third-order valence-corrected chi connectivity index (χ3v) is 6.77. The molecule has 1 N–H and O–H groups in total. The first kappa shape index (κ1) is 21.2. The molecule has 4 aromatic rings. The molecule has 31 heavy (non-hydrogen) atoms. The maximum Gasteiger partial charge on any atom is 0.236 e. The Kier molecular flexibility index (Phi) is 7.07. The number of anilines is 1. The Hall–Kier alpha value is -3.02. The highest BCUT2D eigenvalue weighted by molar-refractivity contribution is 8.01. The smallest absolute Gasteiger partial charge is 0.236 e. The normalized spacial score (nSPS) is 10.7. The molecule has 0 aliphatic heterocycles. The molecule has 0 saturated carbocycles. The van der Waals surface area contributed by atoms with E-state index >= 15 is 0 Å². The number of nitrogens with one attached hydrogen (secondary N) is 1. The van der Waals surface area contributed by atoms with E-state index in [1.165, 1.54) is 34.9 Å². The highest BCUT2D eigenvalue weighted by Gasteiger charge is 2.18. The van der Waals surface area contributed by atoms with Crippen molar-refractivity contribution < 1.29 is 4.79 Å². The summed E-state index contributed by atoms with van der Waals surface area (Å²) in [5.74, 6) is 1.38. The minimum atomic E-state index is -0.188. The summed E-state index contributed by atoms with van der Waals surface area (Å²) in [6, 6.07) is 13.6. The third kappa shape index (κ3) is 5.37. The maximum atomic E-state index is 12.5. The van der Waals surface area contributed by atoms with Crippen LogP contribution in [0.25, 0.3) is 17.1 Å². The lowest BCUT2D eigenvalue weighted by atomic mass is 10.2. The lowest BCUT2D eigenvalue weighted by Gasteiger charge is -2.10. The van der Waals surface area contributed by atoms with Crippen LogP contribution in [0.3, 0.4) is 0 Å². The van der Waals surface area contributed by atoms with Crippen molar-refractivity contribution in [2.75, 3.05) is 16.8 Å². The number of pyridine rings is 1. The maximum absolute atomic E-state index is 12.5. The standard InChI is InChI=1S/C20H17N7OS3/c1-2-11-29-20-26-24-18(31-20)22-16(28)13-30-19-25-23-17(14-7-6-10-21-12-14)27(19)15-8-4-3-5-9-15/h2-10,12H,1,11,13H2,(H,22,24,28). The predicted octanol–water partition coefficient (Wildman–Crippen LogP) is 4.19. The van der Waals surface area contributed by atoms with Crippen LogP contribution in [0.2, 0.25) is 0 Å². The summed E-state index contributed by atoms with van der Waals surface area (Å²) in [4.78, 5) is 16.6. The lowest BCUT2D eigenvalue weighted by Crippen LogP contribution is -2.14. The number of benzene rings is 1. The summed E-state index contributed by atoms with van der Waals surface area (Å²) >= 11 is 4.16. The van der Waals surface area contributed by atoms with Gasteiger partial charge in [0.05, 0.1) is 5.75 Å². The lowest BCUT2D eigenvalue weighted by molar-refractivity contribution is -0.113. The first-order valence-electron chi connectivity index (χ1n) is 9.15. The number of thioether (sulfide) groups is 2. The van der Waals surface area contributed by atoms with Crippen molar-refractivity contribution in [3.8, 4) is 17.1 Å². The second-order valence-electron chi connectivity index (χ2n) is 6.03. The second-order valence-corrected chi connectivity index (χ2v) is 9.22. The van der Waals surface area contributed by atoms with Gasteiger partial charge < -0.3 is 0 Å². The molecular weight excluding hydrogens is 450 g/mol. The topological polar surface area (TPSA) is 98.5 Å². The number of amides is 1. The van der Waals surface area contributed by atoms with E-state index in [1.807, 2.05) is 47.0 Å². The predicted molar refractivity (Wildman–Crippen MR) is 125 cm³/mol. The van der Waals surface area contributed by atoms with Crippen molar-refractivity contribution in [1.82, 2.24) is 29.9 Å². The molecule has 1 aromatic carbocycles. The average Bonchev–Trinajstić information content (AvgIpc) is 3.44. The van der Waals surface area contributed by atoms with Crippen molar-refractivity contribution in [1.29, 1.82) is 0 Å². The molecule has 1 amide bonds. The number of aromatic nitrogens is 6. The van der Waals surface area contributed by atoms with Crippen molar-refractivity contribution in [3.05, 3.63) is 67.5 Å². The SMILES string of the molecule is C=CCSc1nnc(NC(=O)CSc2nnc(-c3cccnc3)n2-c2ccccc2)s1. The van der Waals surface area contributed by atoms with E-state index < -0.39 is 0 Å². The first-order valence-corrected chi connectivity index (χ1v) is 11.9. The molecular formula is C20H17N7OS3. The summed E-state index contributed by atoms with van der Waals surface area (Å²) in [6.45, 7) is 3.68. The largest absolute Gasteiger partial charge is 0.300 e. The zero-order valence-electron chi connectivity index (χ0n) is 16.2. The number of carbonyl (C=O) groups excluding carboxylic acids is 1. The van der Waals surface area contributed by atoms with E-state index in [9.17, 15) is 4.79 Å². The van der Waals surface area contributed by atoms with Crippen LogP contribution >= 0.6 is 34.9 Å². The number of rotatable bonds is 9. The van der Waals surface area contributed by atoms with Crippen molar-refractivity contribution in [2.24, 2.45) is 0 Å². The van der Waals surface area contributed by atoms with Gasteiger partial charge in [0.25, 0.3) is 0 Å². The Bertz CT molecular complexity index is 1160. The fourth-order valence-electron chi connectivity index (χ4n) is 2.59. The monoisotopic (exact) mass is 467 g/mol. The van der Waals surface area contributed by atoms with Gasteiger partial charge in [0.2, 0.25) is 11.0 Å². The molecule has 3 heterocycles. The molecule has 0 aliphatic carbocycles. The van der Waals surface area contributed by atoms with Crippen LogP contribution in [-0.2, 0) is 4.79 Å². The van der Waals surface area contributed by atoms with Gasteiger partial charge in [-0.2, -0.15) is 0 Å². The van der Waals surface area contributed by atoms with Crippen LogP contribution in [-0.4, -0.2) is 47.4 Å². The molecule has 11 heteroatoms. The van der Waals surface area contributed by atoms with Gasteiger partial charge in [0.15, 0.2) is 15.3 Å². The fourth-order valence-corrected chi connectivity index (χ4v) is 4.87. The van der Waals surface area contributed by atoms with E-state index in [-0.39, 0.29) is 11.7 Å². The quantitative estimate of drug-likeness (QED) is 0.222. The van der Waals surface area contributed by atoms with Crippen LogP contribution < -0.4 is 5.32 Å². The van der Waals surface area contributed by atoms with Crippen molar-refractivity contribution in [3.63, 3.8) is 0 Å². The Morgan fingerprint density at radius 3 is 2.74 bits per heavy atom. The van der Waals surface area contributed by atoms with E-state index in [2.05, 4.69) is 37.3 Å². The molecule has 0 atom stereocenters. The number of para-hydroxylation sites is 1. The van der Waals surface area contributed by atoms with E-state index in [0.717, 1.165) is 21.3 Å². The van der Waals surface area contributed by atoms with E-state index in [1.54, 1.807) is 18.5 Å². The van der Waals surface area contributed by atoms with Crippen LogP contribution in [0, 0.1) is 0 Å². The molecule has 0 bridgehead atoms. The Labute approximate surface area is 191 Å². The molecule has 4 rings (SSSR count). The minimum absolute atomic E-state index is 0.159. The van der Waals surface area contributed by atoms with Gasteiger partial charge in [0, 0.05) is 29.4 Å². The zero-order chi connectivity index (χ0) is 21.5. The molecule has 0 fully saturated rings. The number of hydrogen-bond donors (Lipinski definition) is 1. The summed E-state index contributed by atoms with van der Waals surface area (Å²) in [6.07, 6.45) is 5.24. The molecule has 0 spiro atoms. The van der Waals surface area contributed by atoms with Crippen molar-refractivity contribution >= 4 is 45.9 Å². The second kappa shape index (κ2) is 10.3. The average molecular weight is 468 g/mol. The number of hydrogen-bond acceptors (Lipinski definition) is 9. The number of nitrogens with zero attached hydrogens (tertiary/aromatic N) is 6. The van der Waals surface area contributed by atoms with Gasteiger partial charge in [-0.1, -0.05) is 59.1 Å². The number of carbonyl (C=O) groups is 1. The Morgan fingerprint density at radius 1 is 1.10 bits per heavy atom. The van der Waals surface area contributed by atoms with Crippen LogP contribution in [0.15, 0.2) is 77.0 Å². The van der Waals surface area contributed by atoms with Gasteiger partial charge >= 0.3 is 0 Å². The fraction of sp³-hybridized carbons (Fsp3) is 0.100. The molecule has 156 valence electrons. The van der Waals surface area contributed by atoms with Crippen LogP contribution in [0.4, 0.5) is 5.13 Å². The molecule has 0 saturated heterocycles. The summed E-state index contributed by atoms with van der Waals surface area (Å²) < 4.78 is 2.71. The van der Waals surface area contributed by atoms with Gasteiger partial charge in [-0.3, -0.25) is 19.7 Å². The van der Waals surface area contributed by atoms with Crippen LogP contribution in [0.1, 0.15) is 0 Å². The van der Waals surface area contributed by atoms with Gasteiger partial charge in [-0.05, 0) is 24.3 Å². The van der Waals surface area contributed by atoms with Gasteiger partial charge in [-0.15, -0.1) is 27.0 Å². The first-order chi connectivity index (χ1) is 15.2. The molecule has 8 nitrogen and oxygen atoms in total. The van der Waals surface area contributed by atoms with E-state index in [4.69, 9.17) is 0 Å². The zero-order valence-corrected chi connectivity index (χ0v) is 18.7. The van der Waals surface area contributed by atoms with Gasteiger partial charge in [0.1, 0.15) is 0 Å². The molecule has 0 radical (unpaired) electrons. The summed E-state index contributed by atoms with van der Waals surface area (Å²) in [5.41, 5.74) is 1.75. The highest BCUT2D eigenvalue weighted by Crippen LogP contribution is 2.28. The molecule has 0 unspecified atom stereocenters.